The SMILES string of the molecule is CC(C)[Si](Oc1ccc([C@H]2O[C@H]2C(=O)OOC(C)(C)C)cc1)(C(C)C)C(C)C. The summed E-state index contributed by atoms with van der Waals surface area (Å²) < 4.78 is 12.2. The van der Waals surface area contributed by atoms with Gasteiger partial charge in [0.15, 0.2) is 6.10 Å². The van der Waals surface area contributed by atoms with Crippen LogP contribution in [0.4, 0.5) is 0 Å². The summed E-state index contributed by atoms with van der Waals surface area (Å²) in [7, 11) is -1.98. The van der Waals surface area contributed by atoms with E-state index in [1.165, 1.54) is 0 Å². The molecule has 1 heterocycles. The highest BCUT2D eigenvalue weighted by Crippen LogP contribution is 2.44. The fourth-order valence-corrected chi connectivity index (χ4v) is 9.29. The van der Waals surface area contributed by atoms with Crippen molar-refractivity contribution in [1.29, 1.82) is 0 Å². The second kappa shape index (κ2) is 8.55. The highest BCUT2D eigenvalue weighted by Gasteiger charge is 2.49. The number of hydrogen-bond acceptors (Lipinski definition) is 5. The van der Waals surface area contributed by atoms with Crippen molar-refractivity contribution >= 4 is 14.3 Å². The maximum atomic E-state index is 12.0. The Kier molecular flexibility index (Phi) is 7.00. The van der Waals surface area contributed by atoms with E-state index >= 15 is 0 Å². The number of epoxide rings is 1. The minimum absolute atomic E-state index is 0.285. The van der Waals surface area contributed by atoms with Crippen molar-refractivity contribution in [3.8, 4) is 5.75 Å². The minimum atomic E-state index is -1.98. The zero-order valence-corrected chi connectivity index (χ0v) is 19.7. The molecule has 0 aliphatic carbocycles. The van der Waals surface area contributed by atoms with Crippen molar-refractivity contribution < 1.29 is 23.7 Å². The number of carbonyl (C=O) groups excluding carboxylic acids is 1. The summed E-state index contributed by atoms with van der Waals surface area (Å²) in [6.45, 7) is 19.1. The molecule has 6 heteroatoms. The minimum Gasteiger partial charge on any atom is -0.543 e. The molecule has 0 spiro atoms. The molecule has 0 amide bonds. The molecule has 0 radical (unpaired) electrons. The van der Waals surface area contributed by atoms with Crippen LogP contribution in [0.25, 0.3) is 0 Å². The van der Waals surface area contributed by atoms with Gasteiger partial charge in [0.2, 0.25) is 0 Å². The molecule has 28 heavy (non-hydrogen) atoms. The molecular formula is C22H36O5Si. The highest BCUT2D eigenvalue weighted by molar-refractivity contribution is 6.78. The van der Waals surface area contributed by atoms with Crippen LogP contribution < -0.4 is 4.43 Å². The van der Waals surface area contributed by atoms with Crippen LogP contribution in [0.15, 0.2) is 24.3 Å². The Hall–Kier alpha value is -1.37. The third-order valence-electron chi connectivity index (χ3n) is 5.31. The van der Waals surface area contributed by atoms with Gasteiger partial charge in [0.25, 0.3) is 8.32 Å². The van der Waals surface area contributed by atoms with Crippen LogP contribution in [-0.4, -0.2) is 26.0 Å². The van der Waals surface area contributed by atoms with Gasteiger partial charge in [-0.1, -0.05) is 53.7 Å². The zero-order chi connectivity index (χ0) is 21.3. The van der Waals surface area contributed by atoms with Crippen molar-refractivity contribution in [1.82, 2.24) is 0 Å². The largest absolute Gasteiger partial charge is 0.543 e. The Morgan fingerprint density at radius 2 is 1.46 bits per heavy atom. The standard InChI is InChI=1S/C22H36O5Si/c1-14(2)28(15(3)4,16(5)6)26-18-12-10-17(11-13-18)19-20(24-19)21(23)25-27-22(7,8)9/h10-16,19-20H,1-9H3/t19-,20-/m1/s1. The summed E-state index contributed by atoms with van der Waals surface area (Å²) in [6.07, 6.45) is -0.892. The molecule has 1 fully saturated rings. The Labute approximate surface area is 170 Å². The molecule has 1 aromatic carbocycles. The maximum absolute atomic E-state index is 12.0. The van der Waals surface area contributed by atoms with Gasteiger partial charge in [0.05, 0.1) is 0 Å². The number of ether oxygens (including phenoxy) is 1. The van der Waals surface area contributed by atoms with Gasteiger partial charge in [-0.15, -0.1) is 0 Å². The van der Waals surface area contributed by atoms with E-state index in [1.54, 1.807) is 0 Å². The monoisotopic (exact) mass is 408 g/mol. The van der Waals surface area contributed by atoms with Crippen molar-refractivity contribution in [2.45, 2.75) is 96.7 Å². The molecule has 2 atom stereocenters. The topological polar surface area (TPSA) is 57.3 Å². The third kappa shape index (κ3) is 5.16. The van der Waals surface area contributed by atoms with E-state index in [9.17, 15) is 4.79 Å². The molecule has 1 aliphatic heterocycles. The summed E-state index contributed by atoms with van der Waals surface area (Å²) in [5, 5.41) is 0. The Balaban J connectivity index is 2.03. The van der Waals surface area contributed by atoms with E-state index in [1.807, 2.05) is 45.0 Å². The van der Waals surface area contributed by atoms with Crippen LogP contribution in [0.1, 0.15) is 74.0 Å². The fraction of sp³-hybridized carbons (Fsp3) is 0.682. The van der Waals surface area contributed by atoms with Gasteiger partial charge in [-0.3, -0.25) is 4.89 Å². The average molecular weight is 409 g/mol. The van der Waals surface area contributed by atoms with Crippen LogP contribution in [0, 0.1) is 0 Å². The molecule has 1 aromatic rings. The molecule has 5 nitrogen and oxygen atoms in total. The van der Waals surface area contributed by atoms with Gasteiger partial charge >= 0.3 is 5.97 Å². The Morgan fingerprint density at radius 1 is 0.964 bits per heavy atom. The quantitative estimate of drug-likeness (QED) is 0.230. The van der Waals surface area contributed by atoms with Crippen LogP contribution >= 0.6 is 0 Å². The first-order valence-electron chi connectivity index (χ1n) is 10.2. The van der Waals surface area contributed by atoms with E-state index in [0.717, 1.165) is 11.3 Å². The van der Waals surface area contributed by atoms with Crippen LogP contribution in [0.5, 0.6) is 5.75 Å². The van der Waals surface area contributed by atoms with Crippen LogP contribution in [-0.2, 0) is 19.3 Å². The first-order chi connectivity index (χ1) is 12.9. The first kappa shape index (κ1) is 22.9. The van der Waals surface area contributed by atoms with Gasteiger partial charge in [-0.05, 0) is 55.1 Å². The van der Waals surface area contributed by atoms with Crippen molar-refractivity contribution in [3.05, 3.63) is 29.8 Å². The predicted molar refractivity (Wildman–Crippen MR) is 113 cm³/mol. The van der Waals surface area contributed by atoms with Gasteiger partial charge in [0, 0.05) is 0 Å². The summed E-state index contributed by atoms with van der Waals surface area (Å²) in [5.74, 6) is 0.397. The summed E-state index contributed by atoms with van der Waals surface area (Å²) in [4.78, 5) is 22.0. The Morgan fingerprint density at radius 3 is 1.89 bits per heavy atom. The molecule has 1 saturated heterocycles. The maximum Gasteiger partial charge on any atom is 0.373 e. The second-order valence-corrected chi connectivity index (χ2v) is 14.9. The lowest BCUT2D eigenvalue weighted by Gasteiger charge is -2.42. The summed E-state index contributed by atoms with van der Waals surface area (Å²) >= 11 is 0. The van der Waals surface area contributed by atoms with Crippen LogP contribution in [0.3, 0.4) is 0 Å². The van der Waals surface area contributed by atoms with Gasteiger partial charge < -0.3 is 9.16 Å². The lowest BCUT2D eigenvalue weighted by atomic mass is 10.1. The van der Waals surface area contributed by atoms with Crippen LogP contribution in [0.2, 0.25) is 16.6 Å². The predicted octanol–water partition coefficient (Wildman–Crippen LogP) is 5.95. The average Bonchev–Trinajstić information content (AvgIpc) is 3.37. The third-order valence-corrected chi connectivity index (χ3v) is 11.3. The summed E-state index contributed by atoms with van der Waals surface area (Å²) in [5.41, 5.74) is 1.94. The molecule has 1 aliphatic rings. The highest BCUT2D eigenvalue weighted by atomic mass is 28.4. The first-order valence-corrected chi connectivity index (χ1v) is 12.4. The number of benzene rings is 1. The zero-order valence-electron chi connectivity index (χ0n) is 18.7. The van der Waals surface area contributed by atoms with E-state index in [2.05, 4.69) is 41.5 Å². The number of hydrogen-bond donors (Lipinski definition) is 0. The lowest BCUT2D eigenvalue weighted by Crippen LogP contribution is -2.50. The number of carbonyl (C=O) groups is 1. The fourth-order valence-electron chi connectivity index (χ4n) is 4.04. The molecule has 0 bridgehead atoms. The smallest absolute Gasteiger partial charge is 0.373 e. The lowest BCUT2D eigenvalue weighted by molar-refractivity contribution is -0.321. The van der Waals surface area contributed by atoms with Crippen molar-refractivity contribution in [2.24, 2.45) is 0 Å². The summed E-state index contributed by atoms with van der Waals surface area (Å²) in [6, 6.07) is 7.91. The molecular weight excluding hydrogens is 372 g/mol. The molecule has 158 valence electrons. The van der Waals surface area contributed by atoms with E-state index in [-0.39, 0.29) is 6.10 Å². The number of rotatable bonds is 8. The van der Waals surface area contributed by atoms with Gasteiger partial charge in [-0.2, -0.15) is 4.89 Å². The van der Waals surface area contributed by atoms with Crippen molar-refractivity contribution in [2.75, 3.05) is 0 Å². The normalized spacial score (nSPS) is 20.0. The van der Waals surface area contributed by atoms with Gasteiger partial charge in [-0.25, -0.2) is 4.79 Å². The van der Waals surface area contributed by atoms with E-state index in [4.69, 9.17) is 18.9 Å². The molecule has 0 saturated carbocycles. The molecule has 2 rings (SSSR count). The second-order valence-electron chi connectivity index (χ2n) is 9.56. The molecule has 0 aromatic heterocycles. The molecule has 0 unspecified atom stereocenters. The van der Waals surface area contributed by atoms with Gasteiger partial charge in [0.1, 0.15) is 17.5 Å². The molecule has 0 N–H and O–H groups in total. The van der Waals surface area contributed by atoms with E-state index in [0.29, 0.717) is 16.6 Å². The van der Waals surface area contributed by atoms with E-state index < -0.39 is 26.0 Å². The van der Waals surface area contributed by atoms with Crippen molar-refractivity contribution in [3.63, 3.8) is 0 Å². The Bertz CT molecular complexity index is 639.